The van der Waals surface area contributed by atoms with Crippen LogP contribution in [0.25, 0.3) is 0 Å². The Balaban J connectivity index is 1.81. The van der Waals surface area contributed by atoms with Gasteiger partial charge in [-0.15, -0.1) is 0 Å². The molecule has 2 heteroatoms. The van der Waals surface area contributed by atoms with Gasteiger partial charge < -0.3 is 5.11 Å². The Kier molecular flexibility index (Phi) is 1.08. The molecule has 4 aliphatic rings. The largest absolute Gasteiger partial charge is 0.389 e. The van der Waals surface area contributed by atoms with E-state index >= 15 is 0 Å². The topological polar surface area (TPSA) is 37.3 Å². The van der Waals surface area contributed by atoms with E-state index in [9.17, 15) is 9.90 Å². The Hall–Kier alpha value is -0.630. The number of hydrogen-bond donors (Lipinski definition) is 1. The van der Waals surface area contributed by atoms with Crippen molar-refractivity contribution in [1.29, 1.82) is 0 Å². The van der Waals surface area contributed by atoms with Crippen LogP contribution in [0.5, 0.6) is 0 Å². The molecule has 4 aliphatic carbocycles. The summed E-state index contributed by atoms with van der Waals surface area (Å²) in [6.45, 7) is 2.06. The molecule has 74 valence electrons. The molecule has 3 saturated carbocycles. The molecule has 0 amide bonds. The van der Waals surface area contributed by atoms with Gasteiger partial charge in [0.05, 0.1) is 6.10 Å². The van der Waals surface area contributed by atoms with E-state index in [1.807, 2.05) is 6.08 Å². The predicted molar refractivity (Wildman–Crippen MR) is 50.3 cm³/mol. The van der Waals surface area contributed by atoms with Gasteiger partial charge in [-0.2, -0.15) is 0 Å². The van der Waals surface area contributed by atoms with Gasteiger partial charge in [0.15, 0.2) is 0 Å². The van der Waals surface area contributed by atoms with Crippen LogP contribution in [-0.2, 0) is 4.79 Å². The van der Waals surface area contributed by atoms with E-state index in [1.165, 1.54) is 0 Å². The van der Waals surface area contributed by atoms with Crippen LogP contribution in [0.2, 0.25) is 0 Å². The number of allylic oxidation sites excluding steroid dienone is 1. The van der Waals surface area contributed by atoms with Crippen molar-refractivity contribution in [2.75, 3.05) is 0 Å². The van der Waals surface area contributed by atoms with E-state index in [1.54, 1.807) is 0 Å². The quantitative estimate of drug-likeness (QED) is 0.575. The molecule has 0 heterocycles. The summed E-state index contributed by atoms with van der Waals surface area (Å²) in [4.78, 5) is 11.8. The van der Waals surface area contributed by atoms with Crippen molar-refractivity contribution in [1.82, 2.24) is 0 Å². The molecule has 2 nitrogen and oxygen atoms in total. The number of ketones is 1. The lowest BCUT2D eigenvalue weighted by atomic mass is 9.81. The summed E-state index contributed by atoms with van der Waals surface area (Å²) in [7, 11) is 0. The molecular weight excluding hydrogens is 176 g/mol. The fourth-order valence-corrected chi connectivity index (χ4v) is 4.74. The summed E-state index contributed by atoms with van der Waals surface area (Å²) in [6.07, 6.45) is 3.83. The zero-order chi connectivity index (χ0) is 9.61. The van der Waals surface area contributed by atoms with Gasteiger partial charge in [-0.1, -0.05) is 19.1 Å². The van der Waals surface area contributed by atoms with Crippen molar-refractivity contribution in [2.24, 2.45) is 41.4 Å². The fourth-order valence-electron chi connectivity index (χ4n) is 4.74. The molecule has 0 aromatic rings. The van der Waals surface area contributed by atoms with Gasteiger partial charge in [-0.05, 0) is 29.6 Å². The van der Waals surface area contributed by atoms with E-state index in [4.69, 9.17) is 0 Å². The van der Waals surface area contributed by atoms with Crippen LogP contribution in [-0.4, -0.2) is 17.0 Å². The third-order valence-electron chi connectivity index (χ3n) is 5.19. The second kappa shape index (κ2) is 1.99. The number of rotatable bonds is 0. The summed E-state index contributed by atoms with van der Waals surface area (Å²) in [5, 5.41) is 9.86. The van der Waals surface area contributed by atoms with Crippen LogP contribution in [0, 0.1) is 41.4 Å². The van der Waals surface area contributed by atoms with E-state index < -0.39 is 0 Å². The number of hydrogen-bond acceptors (Lipinski definition) is 2. The average molecular weight is 190 g/mol. The molecule has 0 bridgehead atoms. The van der Waals surface area contributed by atoms with Crippen molar-refractivity contribution in [3.63, 3.8) is 0 Å². The first kappa shape index (κ1) is 7.63. The smallest absolute Gasteiger partial charge is 0.139 e. The van der Waals surface area contributed by atoms with E-state index in [2.05, 4.69) is 13.0 Å². The first-order valence-corrected chi connectivity index (χ1v) is 5.62. The molecular formula is C12H14O2. The monoisotopic (exact) mass is 190 g/mol. The number of carbonyl (C=O) groups is 1. The molecule has 1 N–H and O–H groups in total. The minimum absolute atomic E-state index is 0.214. The highest BCUT2D eigenvalue weighted by atomic mass is 16.3. The first-order chi connectivity index (χ1) is 6.72. The average Bonchev–Trinajstić information content (AvgIpc) is 2.52. The van der Waals surface area contributed by atoms with Crippen LogP contribution in [0.3, 0.4) is 0 Å². The molecule has 0 saturated heterocycles. The van der Waals surface area contributed by atoms with Gasteiger partial charge in [0.25, 0.3) is 0 Å². The van der Waals surface area contributed by atoms with Crippen molar-refractivity contribution in [2.45, 2.75) is 13.0 Å². The van der Waals surface area contributed by atoms with Gasteiger partial charge in [-0.3, -0.25) is 4.79 Å². The Morgan fingerprint density at radius 1 is 1.14 bits per heavy atom. The predicted octanol–water partition coefficient (Wildman–Crippen LogP) is 0.860. The Bertz CT molecular complexity index is 359. The highest BCUT2D eigenvalue weighted by Crippen LogP contribution is 2.74. The highest BCUT2D eigenvalue weighted by molar-refractivity contribution is 5.90. The third kappa shape index (κ3) is 0.569. The van der Waals surface area contributed by atoms with Crippen LogP contribution >= 0.6 is 0 Å². The molecule has 0 aromatic carbocycles. The highest BCUT2D eigenvalue weighted by Gasteiger charge is 2.76. The normalized spacial score (nSPS) is 67.1. The van der Waals surface area contributed by atoms with Crippen molar-refractivity contribution >= 4 is 5.78 Å². The molecule has 8 atom stereocenters. The molecule has 0 aromatic heterocycles. The van der Waals surface area contributed by atoms with Gasteiger partial charge in [0.2, 0.25) is 0 Å². The summed E-state index contributed by atoms with van der Waals surface area (Å²) in [6, 6.07) is 0. The van der Waals surface area contributed by atoms with Crippen LogP contribution < -0.4 is 0 Å². The third-order valence-corrected chi connectivity index (χ3v) is 5.19. The maximum absolute atomic E-state index is 11.8. The summed E-state index contributed by atoms with van der Waals surface area (Å²) in [5.41, 5.74) is 0. The van der Waals surface area contributed by atoms with Gasteiger partial charge in [-0.25, -0.2) is 0 Å². The van der Waals surface area contributed by atoms with E-state index in [0.717, 1.165) is 0 Å². The summed E-state index contributed by atoms with van der Waals surface area (Å²) < 4.78 is 0. The minimum atomic E-state index is -0.271. The number of aliphatic hydroxyl groups excluding tert-OH is 1. The van der Waals surface area contributed by atoms with Gasteiger partial charge in [0.1, 0.15) is 5.78 Å². The van der Waals surface area contributed by atoms with Crippen molar-refractivity contribution in [3.05, 3.63) is 12.2 Å². The van der Waals surface area contributed by atoms with E-state index in [-0.39, 0.29) is 12.0 Å². The molecule has 0 spiro atoms. The van der Waals surface area contributed by atoms with Crippen LogP contribution in [0.15, 0.2) is 12.2 Å². The second-order valence-electron chi connectivity index (χ2n) is 5.48. The number of aliphatic hydroxyl groups is 1. The van der Waals surface area contributed by atoms with Gasteiger partial charge in [0, 0.05) is 11.8 Å². The van der Waals surface area contributed by atoms with Crippen molar-refractivity contribution in [3.8, 4) is 0 Å². The Morgan fingerprint density at radius 2 is 1.93 bits per heavy atom. The lowest BCUT2D eigenvalue weighted by Gasteiger charge is -2.24. The molecule has 14 heavy (non-hydrogen) atoms. The first-order valence-electron chi connectivity index (χ1n) is 5.62. The molecule has 3 fully saturated rings. The zero-order valence-corrected chi connectivity index (χ0v) is 8.13. The number of carbonyl (C=O) groups excluding carboxylic acids is 1. The SMILES string of the molecule is CC1C(=O)C2C3C4C=CC(O)C4C1C23. The standard InChI is InChI=1S/C12H14O2/c1-4-7-8-5(2-3-6(8)13)9-10(7)11(9)12(4)14/h2-11,13H,1H3. The van der Waals surface area contributed by atoms with Crippen LogP contribution in [0.4, 0.5) is 0 Å². The lowest BCUT2D eigenvalue weighted by molar-refractivity contribution is -0.123. The molecule has 0 radical (unpaired) electrons. The molecule has 4 rings (SSSR count). The molecule has 0 aliphatic heterocycles. The minimum Gasteiger partial charge on any atom is -0.389 e. The lowest BCUT2D eigenvalue weighted by Crippen LogP contribution is -2.27. The van der Waals surface area contributed by atoms with Gasteiger partial charge >= 0.3 is 0 Å². The van der Waals surface area contributed by atoms with Crippen LogP contribution in [0.1, 0.15) is 6.92 Å². The number of Topliss-reactive ketones (excluding diaryl/α,β-unsaturated/α-hetero) is 1. The maximum atomic E-state index is 11.8. The fraction of sp³-hybridized carbons (Fsp3) is 0.750. The van der Waals surface area contributed by atoms with E-state index in [0.29, 0.717) is 41.3 Å². The second-order valence-corrected chi connectivity index (χ2v) is 5.48. The maximum Gasteiger partial charge on any atom is 0.139 e. The molecule has 8 unspecified atom stereocenters. The zero-order valence-electron chi connectivity index (χ0n) is 8.13. The Morgan fingerprint density at radius 3 is 2.71 bits per heavy atom. The summed E-state index contributed by atoms with van der Waals surface area (Å²) >= 11 is 0. The Labute approximate surface area is 83.0 Å². The van der Waals surface area contributed by atoms with Crippen molar-refractivity contribution < 1.29 is 9.90 Å². The summed E-state index contributed by atoms with van der Waals surface area (Å²) in [5.74, 6) is 3.74. The number of fused-ring (bicyclic) bond motifs is 4.